The zero-order chi connectivity index (χ0) is 23.0. The van der Waals surface area contributed by atoms with Crippen LogP contribution in [0.3, 0.4) is 0 Å². The van der Waals surface area contributed by atoms with E-state index >= 15 is 0 Å². The molecule has 1 aromatic rings. The number of nitrogens with zero attached hydrogens (tertiary/aromatic N) is 3. The molecule has 0 saturated heterocycles. The number of hydrogen-bond acceptors (Lipinski definition) is 6. The minimum atomic E-state index is -0.590. The van der Waals surface area contributed by atoms with Crippen LogP contribution in [-0.2, 0) is 4.18 Å². The second-order valence-corrected chi connectivity index (χ2v) is 9.52. The summed E-state index contributed by atoms with van der Waals surface area (Å²) in [6.45, 7) is 8.09. The number of aromatic nitrogens is 1. The highest BCUT2D eigenvalue weighted by atomic mass is 79.9. The molecular weight excluding hydrogens is 521 g/mol. The minimum Gasteiger partial charge on any atom is -0.390 e. The van der Waals surface area contributed by atoms with Gasteiger partial charge in [0, 0.05) is 30.5 Å². The van der Waals surface area contributed by atoms with Crippen LogP contribution in [0, 0.1) is 0 Å². The number of hydrogen-bond donors (Lipinski definition) is 1. The van der Waals surface area contributed by atoms with Crippen molar-refractivity contribution in [2.45, 2.75) is 64.8 Å². The van der Waals surface area contributed by atoms with Crippen LogP contribution in [-0.4, -0.2) is 30.3 Å². The van der Waals surface area contributed by atoms with Crippen LogP contribution in [0.2, 0.25) is 0 Å². The summed E-state index contributed by atoms with van der Waals surface area (Å²) in [5.41, 5.74) is 2.03. The van der Waals surface area contributed by atoms with Gasteiger partial charge in [0.05, 0.1) is 4.47 Å². The molecule has 0 radical (unpaired) electrons. The van der Waals surface area contributed by atoms with Crippen molar-refractivity contribution in [3.05, 3.63) is 43.6 Å². The topological polar surface area (TPSA) is 54.8 Å². The van der Waals surface area contributed by atoms with Crippen molar-refractivity contribution in [1.82, 2.24) is 4.98 Å². The molecular formula is C22H28BrCl2N3O2S. The molecule has 0 bridgehead atoms. The fraction of sp³-hybridized carbons (Fsp3) is 0.500. The molecule has 0 unspecified atom stereocenters. The molecule has 0 atom stereocenters. The summed E-state index contributed by atoms with van der Waals surface area (Å²) in [7, 11) is 0. The zero-order valence-electron chi connectivity index (χ0n) is 17.8. The molecule has 1 aromatic heterocycles. The van der Waals surface area contributed by atoms with Gasteiger partial charge in [-0.25, -0.2) is 9.78 Å². The maximum absolute atomic E-state index is 12.1. The predicted molar refractivity (Wildman–Crippen MR) is 136 cm³/mol. The number of carbonyl (C=O) groups excluding carboxylic acids is 1. The van der Waals surface area contributed by atoms with E-state index in [9.17, 15) is 4.79 Å². The first-order valence-electron chi connectivity index (χ1n) is 10.3. The van der Waals surface area contributed by atoms with Gasteiger partial charge in [-0.1, -0.05) is 42.5 Å². The zero-order valence-corrected chi connectivity index (χ0v) is 21.8. The summed E-state index contributed by atoms with van der Waals surface area (Å²) in [4.78, 5) is 22.9. The van der Waals surface area contributed by atoms with Gasteiger partial charge < -0.3 is 9.08 Å². The normalized spacial score (nSPS) is 16.3. The molecule has 0 N–H and O–H groups in total. The molecule has 0 aliphatic heterocycles. The average molecular weight is 549 g/mol. The molecule has 0 spiro atoms. The van der Waals surface area contributed by atoms with Gasteiger partial charge in [-0.05, 0) is 85.5 Å². The van der Waals surface area contributed by atoms with Gasteiger partial charge in [0.25, 0.3) is 0 Å². The van der Waals surface area contributed by atoms with Crippen LogP contribution < -0.4 is 4.90 Å². The quantitative estimate of drug-likeness (QED) is 0.114. The summed E-state index contributed by atoms with van der Waals surface area (Å²) >= 11 is 19.5. The highest BCUT2D eigenvalue weighted by Crippen LogP contribution is 2.31. The highest BCUT2D eigenvalue weighted by Gasteiger charge is 2.24. The van der Waals surface area contributed by atoms with Crippen molar-refractivity contribution in [1.29, 1.82) is 0 Å². The monoisotopic (exact) mass is 547 g/mol. The van der Waals surface area contributed by atoms with Gasteiger partial charge in [-0.3, -0.25) is 4.99 Å². The van der Waals surface area contributed by atoms with E-state index in [1.165, 1.54) is 19.3 Å². The largest absolute Gasteiger partial charge is 0.390 e. The van der Waals surface area contributed by atoms with Gasteiger partial charge in [0.1, 0.15) is 11.0 Å². The van der Waals surface area contributed by atoms with Crippen LogP contribution in [0.4, 0.5) is 5.82 Å². The van der Waals surface area contributed by atoms with Crippen molar-refractivity contribution in [3.8, 4) is 0 Å². The Hall–Kier alpha value is -1.02. The Morgan fingerprint density at radius 3 is 2.58 bits per heavy atom. The van der Waals surface area contributed by atoms with E-state index in [0.29, 0.717) is 27.1 Å². The molecule has 1 aliphatic rings. The minimum absolute atomic E-state index is 0.212. The molecule has 2 rings (SSSR count). The van der Waals surface area contributed by atoms with Crippen LogP contribution in [0.1, 0.15) is 69.3 Å². The smallest absolute Gasteiger partial charge is 0.370 e. The molecule has 9 heteroatoms. The molecule has 1 aliphatic carbocycles. The molecule has 170 valence electrons. The standard InChI is InChI=1S/C22H28BrCl2N3O2S/c1-14(15(2)24)17(21(25)26-3)10-7-13-28(16-8-5-4-6-9-16)19-12-11-18(23)20(27-19)22(29)30-31/h11-12,16,31H,3-10,13H2,1-2H3/b15-14+,21-17-. The van der Waals surface area contributed by atoms with Crippen molar-refractivity contribution >= 4 is 70.5 Å². The molecule has 0 aromatic carbocycles. The Balaban J connectivity index is 2.29. The number of thiol groups is 1. The first-order valence-corrected chi connectivity index (χ1v) is 12.2. The van der Waals surface area contributed by atoms with Crippen LogP contribution in [0.15, 0.2) is 42.9 Å². The Morgan fingerprint density at radius 1 is 1.32 bits per heavy atom. The number of pyridine rings is 1. The number of halogens is 3. The van der Waals surface area contributed by atoms with Gasteiger partial charge in [-0.15, -0.1) is 0 Å². The van der Waals surface area contributed by atoms with E-state index in [1.807, 2.05) is 26.0 Å². The van der Waals surface area contributed by atoms with E-state index < -0.39 is 5.97 Å². The second kappa shape index (κ2) is 12.9. The van der Waals surface area contributed by atoms with E-state index in [2.05, 4.69) is 54.6 Å². The number of allylic oxidation sites excluding steroid dienone is 3. The van der Waals surface area contributed by atoms with Crippen molar-refractivity contribution in [2.75, 3.05) is 11.4 Å². The fourth-order valence-corrected chi connectivity index (χ4v) is 4.65. The van der Waals surface area contributed by atoms with E-state index in [-0.39, 0.29) is 5.69 Å². The lowest BCUT2D eigenvalue weighted by molar-refractivity contribution is 0.0765. The van der Waals surface area contributed by atoms with Crippen LogP contribution in [0.5, 0.6) is 0 Å². The van der Waals surface area contributed by atoms with Crippen molar-refractivity contribution < 1.29 is 8.98 Å². The number of aliphatic imine (C=N–C) groups is 1. The number of carbonyl (C=O) groups is 1. The Bertz CT molecular complexity index is 866. The third-order valence-electron chi connectivity index (χ3n) is 5.60. The van der Waals surface area contributed by atoms with E-state index in [1.54, 1.807) is 0 Å². The fourth-order valence-electron chi connectivity index (χ4n) is 3.83. The summed E-state index contributed by atoms with van der Waals surface area (Å²) in [6.07, 6.45) is 7.36. The molecule has 1 saturated carbocycles. The summed E-state index contributed by atoms with van der Waals surface area (Å²) in [5.74, 6) is 0.163. The lowest BCUT2D eigenvalue weighted by Crippen LogP contribution is -2.38. The maximum Gasteiger partial charge on any atom is 0.370 e. The molecule has 1 heterocycles. The van der Waals surface area contributed by atoms with Gasteiger partial charge >= 0.3 is 5.97 Å². The lowest BCUT2D eigenvalue weighted by Gasteiger charge is -2.35. The van der Waals surface area contributed by atoms with Gasteiger partial charge in [-0.2, -0.15) is 0 Å². The number of anilines is 1. The first kappa shape index (κ1) is 26.2. The van der Waals surface area contributed by atoms with Crippen molar-refractivity contribution in [2.24, 2.45) is 4.99 Å². The number of rotatable bonds is 9. The highest BCUT2D eigenvalue weighted by molar-refractivity contribution is 9.10. The SMILES string of the molecule is C=N/C(Cl)=C(CCCN(c1ccc(Br)c(C(=O)OS)n1)C1CCCCC1)\C(C)=C(/C)Cl. The Kier molecular flexibility index (Phi) is 10.9. The Labute approximate surface area is 208 Å². The van der Waals surface area contributed by atoms with Gasteiger partial charge in [0.2, 0.25) is 0 Å². The Morgan fingerprint density at radius 2 is 2.00 bits per heavy atom. The third-order valence-corrected chi connectivity index (χ3v) is 7.04. The third kappa shape index (κ3) is 7.24. The van der Waals surface area contributed by atoms with Crippen LogP contribution >= 0.6 is 52.0 Å². The average Bonchev–Trinajstić information content (AvgIpc) is 2.79. The summed E-state index contributed by atoms with van der Waals surface area (Å²) in [6, 6.07) is 4.12. The summed E-state index contributed by atoms with van der Waals surface area (Å²) < 4.78 is 5.16. The molecule has 5 nitrogen and oxygen atoms in total. The lowest BCUT2D eigenvalue weighted by atomic mass is 9.93. The van der Waals surface area contributed by atoms with Crippen molar-refractivity contribution in [3.63, 3.8) is 0 Å². The predicted octanol–water partition coefficient (Wildman–Crippen LogP) is 7.45. The van der Waals surface area contributed by atoms with E-state index in [0.717, 1.165) is 42.8 Å². The summed E-state index contributed by atoms with van der Waals surface area (Å²) in [5, 5.41) is 1.06. The van der Waals surface area contributed by atoms with E-state index in [4.69, 9.17) is 23.2 Å². The first-order chi connectivity index (χ1) is 14.8. The molecule has 31 heavy (non-hydrogen) atoms. The second-order valence-electron chi connectivity index (χ2n) is 7.55. The maximum atomic E-state index is 12.1. The van der Waals surface area contributed by atoms with Gasteiger partial charge in [0.15, 0.2) is 5.69 Å². The van der Waals surface area contributed by atoms with Crippen LogP contribution in [0.25, 0.3) is 0 Å². The molecule has 1 fully saturated rings. The molecule has 0 amide bonds.